The number of hydrogen-bond donors (Lipinski definition) is 1. The van der Waals surface area contributed by atoms with E-state index in [1.54, 1.807) is 48.5 Å². The molecule has 1 saturated heterocycles. The molecule has 1 aliphatic heterocycles. The van der Waals surface area contributed by atoms with Crippen LogP contribution in [0.5, 0.6) is 0 Å². The maximum absolute atomic E-state index is 13.5. The molecule has 1 N–H and O–H groups in total. The van der Waals surface area contributed by atoms with E-state index >= 15 is 0 Å². The maximum atomic E-state index is 13.5. The Bertz CT molecular complexity index is 1250. The summed E-state index contributed by atoms with van der Waals surface area (Å²) in [6.45, 7) is 0. The standard InChI is InChI=1S/C25H18Cl2N2O3/c26-20-7-2-1-6-19(20)22-10-11-23(25(31)32)29(22)24(30)17-8-9-18(21(27)13-17)16-5-3-4-15(12-16)14-28/h1-9,12-13,22-23H,10-11H2,(H,31,32). The van der Waals surface area contributed by atoms with Crippen molar-refractivity contribution in [1.82, 2.24) is 4.90 Å². The Morgan fingerprint density at radius 2 is 1.75 bits per heavy atom. The first-order valence-corrected chi connectivity index (χ1v) is 10.8. The van der Waals surface area contributed by atoms with Gasteiger partial charge in [-0.05, 0) is 54.3 Å². The first kappa shape index (κ1) is 21.9. The molecule has 2 unspecified atom stereocenters. The Hall–Kier alpha value is -3.33. The summed E-state index contributed by atoms with van der Waals surface area (Å²) in [5.74, 6) is -1.47. The third-order valence-corrected chi connectivity index (χ3v) is 6.34. The van der Waals surface area contributed by atoms with E-state index in [4.69, 9.17) is 28.5 Å². The number of nitrogens with zero attached hydrogens (tertiary/aromatic N) is 2. The zero-order valence-electron chi connectivity index (χ0n) is 16.8. The van der Waals surface area contributed by atoms with E-state index in [1.807, 2.05) is 18.2 Å². The molecule has 32 heavy (non-hydrogen) atoms. The van der Waals surface area contributed by atoms with Crippen molar-refractivity contribution >= 4 is 35.1 Å². The summed E-state index contributed by atoms with van der Waals surface area (Å²) in [4.78, 5) is 26.8. The van der Waals surface area contributed by atoms with Gasteiger partial charge in [-0.25, -0.2) is 4.79 Å². The van der Waals surface area contributed by atoms with Crippen molar-refractivity contribution in [1.29, 1.82) is 5.26 Å². The third kappa shape index (κ3) is 4.08. The van der Waals surface area contributed by atoms with E-state index in [-0.39, 0.29) is 0 Å². The van der Waals surface area contributed by atoms with E-state index in [0.717, 1.165) is 11.1 Å². The summed E-state index contributed by atoms with van der Waals surface area (Å²) < 4.78 is 0. The number of likely N-dealkylation sites (tertiary alicyclic amines) is 1. The Morgan fingerprint density at radius 1 is 0.969 bits per heavy atom. The highest BCUT2D eigenvalue weighted by Gasteiger charge is 2.42. The Kier molecular flexibility index (Phi) is 6.18. The van der Waals surface area contributed by atoms with Gasteiger partial charge in [0, 0.05) is 21.2 Å². The molecule has 4 rings (SSSR count). The quantitative estimate of drug-likeness (QED) is 0.515. The molecule has 0 radical (unpaired) electrons. The Labute approximate surface area is 195 Å². The second-order valence-corrected chi connectivity index (χ2v) is 8.38. The molecular weight excluding hydrogens is 447 g/mol. The van der Waals surface area contributed by atoms with Crippen molar-refractivity contribution in [3.05, 3.63) is 93.5 Å². The maximum Gasteiger partial charge on any atom is 0.326 e. The van der Waals surface area contributed by atoms with Gasteiger partial charge in [0.25, 0.3) is 5.91 Å². The minimum Gasteiger partial charge on any atom is -0.480 e. The molecular formula is C25H18Cl2N2O3. The number of carbonyl (C=O) groups excluding carboxylic acids is 1. The first-order chi connectivity index (χ1) is 15.4. The van der Waals surface area contributed by atoms with E-state index in [2.05, 4.69) is 6.07 Å². The summed E-state index contributed by atoms with van der Waals surface area (Å²) in [5.41, 5.74) is 2.95. The van der Waals surface area contributed by atoms with Crippen LogP contribution in [0.25, 0.3) is 11.1 Å². The molecule has 2 atom stereocenters. The van der Waals surface area contributed by atoms with Crippen molar-refractivity contribution in [2.24, 2.45) is 0 Å². The van der Waals surface area contributed by atoms with Crippen molar-refractivity contribution < 1.29 is 14.7 Å². The number of carbonyl (C=O) groups is 2. The van der Waals surface area contributed by atoms with Gasteiger partial charge in [-0.3, -0.25) is 4.79 Å². The van der Waals surface area contributed by atoms with Gasteiger partial charge in [-0.15, -0.1) is 0 Å². The summed E-state index contributed by atoms with van der Waals surface area (Å²) >= 11 is 12.9. The number of aliphatic carboxylic acids is 1. The van der Waals surface area contributed by atoms with Crippen LogP contribution in [0.15, 0.2) is 66.7 Å². The van der Waals surface area contributed by atoms with E-state index < -0.39 is 24.0 Å². The summed E-state index contributed by atoms with van der Waals surface area (Å²) in [5, 5.41) is 19.7. The van der Waals surface area contributed by atoms with Crippen LogP contribution in [0.1, 0.15) is 40.4 Å². The number of benzene rings is 3. The van der Waals surface area contributed by atoms with Crippen molar-refractivity contribution in [2.75, 3.05) is 0 Å². The largest absolute Gasteiger partial charge is 0.480 e. The molecule has 160 valence electrons. The smallest absolute Gasteiger partial charge is 0.326 e. The zero-order chi connectivity index (χ0) is 22.8. The van der Waals surface area contributed by atoms with Gasteiger partial charge in [0.2, 0.25) is 0 Å². The predicted octanol–water partition coefficient (Wildman–Crippen LogP) is 5.96. The lowest BCUT2D eigenvalue weighted by molar-refractivity contribution is -0.141. The molecule has 1 fully saturated rings. The molecule has 7 heteroatoms. The van der Waals surface area contributed by atoms with Gasteiger partial charge < -0.3 is 10.0 Å². The third-order valence-electron chi connectivity index (χ3n) is 5.69. The lowest BCUT2D eigenvalue weighted by Gasteiger charge is -2.29. The first-order valence-electron chi connectivity index (χ1n) is 10.0. The summed E-state index contributed by atoms with van der Waals surface area (Å²) in [6, 6.07) is 19.8. The van der Waals surface area contributed by atoms with Gasteiger partial charge in [0.15, 0.2) is 0 Å². The van der Waals surface area contributed by atoms with Crippen molar-refractivity contribution in [2.45, 2.75) is 24.9 Å². The highest BCUT2D eigenvalue weighted by Crippen LogP contribution is 2.40. The zero-order valence-corrected chi connectivity index (χ0v) is 18.3. The van der Waals surface area contributed by atoms with Crippen LogP contribution in [0.3, 0.4) is 0 Å². The van der Waals surface area contributed by atoms with Crippen LogP contribution in [0, 0.1) is 11.3 Å². The molecule has 0 aliphatic carbocycles. The summed E-state index contributed by atoms with van der Waals surface area (Å²) in [6.07, 6.45) is 0.836. The molecule has 5 nitrogen and oxygen atoms in total. The van der Waals surface area contributed by atoms with Crippen molar-refractivity contribution in [3.63, 3.8) is 0 Å². The molecule has 0 bridgehead atoms. The normalized spacial score (nSPS) is 17.7. The van der Waals surface area contributed by atoms with Crippen LogP contribution in [0.2, 0.25) is 10.0 Å². The van der Waals surface area contributed by atoms with Gasteiger partial charge in [0.05, 0.1) is 17.7 Å². The lowest BCUT2D eigenvalue weighted by Crippen LogP contribution is -2.41. The number of carboxylic acids is 1. The van der Waals surface area contributed by atoms with Crippen LogP contribution in [0.4, 0.5) is 0 Å². The van der Waals surface area contributed by atoms with Gasteiger partial charge in [-0.1, -0.05) is 59.6 Å². The fraction of sp³-hybridized carbons (Fsp3) is 0.160. The van der Waals surface area contributed by atoms with Crippen LogP contribution >= 0.6 is 23.2 Å². The van der Waals surface area contributed by atoms with Gasteiger partial charge in [0.1, 0.15) is 6.04 Å². The van der Waals surface area contributed by atoms with E-state index in [0.29, 0.717) is 39.6 Å². The molecule has 0 aromatic heterocycles. The van der Waals surface area contributed by atoms with Crippen LogP contribution < -0.4 is 0 Å². The number of hydrogen-bond acceptors (Lipinski definition) is 3. The molecule has 0 spiro atoms. The fourth-order valence-corrected chi connectivity index (χ4v) is 4.73. The average molecular weight is 465 g/mol. The number of nitriles is 1. The molecule has 3 aromatic rings. The van der Waals surface area contributed by atoms with Crippen LogP contribution in [-0.4, -0.2) is 27.9 Å². The second kappa shape index (κ2) is 9.04. The average Bonchev–Trinajstić information content (AvgIpc) is 3.24. The van der Waals surface area contributed by atoms with Gasteiger partial charge >= 0.3 is 5.97 Å². The minimum absolute atomic E-state index is 0.292. The number of halogens is 2. The predicted molar refractivity (Wildman–Crippen MR) is 123 cm³/mol. The number of rotatable bonds is 4. The second-order valence-electron chi connectivity index (χ2n) is 7.57. The molecule has 0 saturated carbocycles. The highest BCUT2D eigenvalue weighted by molar-refractivity contribution is 6.33. The monoisotopic (exact) mass is 464 g/mol. The van der Waals surface area contributed by atoms with E-state index in [9.17, 15) is 14.7 Å². The number of carboxylic acid groups (broad SMARTS) is 1. The fourth-order valence-electron chi connectivity index (χ4n) is 4.17. The Balaban J connectivity index is 1.71. The SMILES string of the molecule is N#Cc1cccc(-c2ccc(C(=O)N3C(C(=O)O)CCC3c3ccccc3Cl)cc2Cl)c1. The van der Waals surface area contributed by atoms with E-state index in [1.165, 1.54) is 4.90 Å². The summed E-state index contributed by atoms with van der Waals surface area (Å²) in [7, 11) is 0. The number of amides is 1. The highest BCUT2D eigenvalue weighted by atomic mass is 35.5. The van der Waals surface area contributed by atoms with Crippen LogP contribution in [-0.2, 0) is 4.79 Å². The van der Waals surface area contributed by atoms with Gasteiger partial charge in [-0.2, -0.15) is 5.26 Å². The van der Waals surface area contributed by atoms with Crippen molar-refractivity contribution in [3.8, 4) is 17.2 Å². The lowest BCUT2D eigenvalue weighted by atomic mass is 10.0. The molecule has 1 aliphatic rings. The molecule has 1 heterocycles. The molecule has 1 amide bonds. The minimum atomic E-state index is -1.05. The molecule has 3 aromatic carbocycles. The Morgan fingerprint density at radius 3 is 2.44 bits per heavy atom. The topological polar surface area (TPSA) is 81.4 Å².